The number of carbonyl (C=O) groups excluding carboxylic acids is 1. The van der Waals surface area contributed by atoms with Gasteiger partial charge in [-0.15, -0.1) is 0 Å². The minimum Gasteiger partial charge on any atom is -0.377 e. The van der Waals surface area contributed by atoms with Crippen LogP contribution in [0.25, 0.3) is 0 Å². The molecule has 0 amide bonds. The monoisotopic (exact) mass is 382 g/mol. The van der Waals surface area contributed by atoms with Gasteiger partial charge in [-0.3, -0.25) is 4.79 Å². The van der Waals surface area contributed by atoms with Crippen LogP contribution in [0.15, 0.2) is 72.3 Å². The van der Waals surface area contributed by atoms with Gasteiger partial charge in [-0.1, -0.05) is 66.7 Å². The Morgan fingerprint density at radius 2 is 1.50 bits per heavy atom. The van der Waals surface area contributed by atoms with Gasteiger partial charge in [0.05, 0.1) is 13.2 Å². The third-order valence-electron chi connectivity index (χ3n) is 4.33. The zero-order chi connectivity index (χ0) is 20.0. The SMILES string of the molecule is C/C(=C\CCCOCc1ccccc1)C(=O)[C@@H](C)OCOCc1ccccc1. The Morgan fingerprint density at radius 3 is 2.11 bits per heavy atom. The van der Waals surface area contributed by atoms with Gasteiger partial charge in [-0.05, 0) is 43.4 Å². The number of rotatable bonds is 13. The van der Waals surface area contributed by atoms with Crippen LogP contribution in [0.2, 0.25) is 0 Å². The first kappa shape index (κ1) is 22.0. The summed E-state index contributed by atoms with van der Waals surface area (Å²) in [4.78, 5) is 12.3. The van der Waals surface area contributed by atoms with Crippen LogP contribution in [-0.2, 0) is 32.2 Å². The van der Waals surface area contributed by atoms with Crippen LogP contribution in [0, 0.1) is 0 Å². The lowest BCUT2D eigenvalue weighted by molar-refractivity contribution is -0.137. The lowest BCUT2D eigenvalue weighted by atomic mass is 10.1. The van der Waals surface area contributed by atoms with E-state index in [1.165, 1.54) is 5.56 Å². The molecule has 0 aromatic heterocycles. The van der Waals surface area contributed by atoms with Gasteiger partial charge in [0, 0.05) is 6.61 Å². The van der Waals surface area contributed by atoms with Crippen LogP contribution >= 0.6 is 0 Å². The van der Waals surface area contributed by atoms with Crippen molar-refractivity contribution in [2.24, 2.45) is 0 Å². The molecular formula is C24H30O4. The summed E-state index contributed by atoms with van der Waals surface area (Å²) in [6.45, 7) is 5.46. The Bertz CT molecular complexity index is 710. The number of carbonyl (C=O) groups is 1. The summed E-state index contributed by atoms with van der Waals surface area (Å²) in [5, 5.41) is 0. The molecule has 1 atom stereocenters. The Morgan fingerprint density at radius 1 is 0.929 bits per heavy atom. The van der Waals surface area contributed by atoms with Gasteiger partial charge in [-0.2, -0.15) is 0 Å². The van der Waals surface area contributed by atoms with Gasteiger partial charge < -0.3 is 14.2 Å². The highest BCUT2D eigenvalue weighted by Crippen LogP contribution is 2.08. The van der Waals surface area contributed by atoms with E-state index in [0.29, 0.717) is 19.8 Å². The summed E-state index contributed by atoms with van der Waals surface area (Å²) in [5.41, 5.74) is 2.97. The number of allylic oxidation sites excluding steroid dienone is 1. The van der Waals surface area contributed by atoms with E-state index in [1.807, 2.05) is 73.7 Å². The minimum absolute atomic E-state index is 0.00600. The molecule has 0 spiro atoms. The molecule has 0 heterocycles. The zero-order valence-electron chi connectivity index (χ0n) is 16.8. The first-order valence-electron chi connectivity index (χ1n) is 9.72. The van der Waals surface area contributed by atoms with E-state index < -0.39 is 6.10 Å². The van der Waals surface area contributed by atoms with E-state index >= 15 is 0 Å². The largest absolute Gasteiger partial charge is 0.377 e. The molecule has 0 fully saturated rings. The Balaban J connectivity index is 1.56. The lowest BCUT2D eigenvalue weighted by Crippen LogP contribution is -2.23. The molecule has 2 rings (SSSR count). The van der Waals surface area contributed by atoms with Crippen LogP contribution in [0.5, 0.6) is 0 Å². The molecule has 0 saturated heterocycles. The molecule has 150 valence electrons. The molecule has 0 aliphatic carbocycles. The predicted molar refractivity (Wildman–Crippen MR) is 111 cm³/mol. The van der Waals surface area contributed by atoms with Crippen molar-refractivity contribution in [3.05, 3.63) is 83.4 Å². The van der Waals surface area contributed by atoms with Crippen molar-refractivity contribution in [1.29, 1.82) is 0 Å². The zero-order valence-corrected chi connectivity index (χ0v) is 16.8. The number of hydrogen-bond acceptors (Lipinski definition) is 4. The number of benzene rings is 2. The lowest BCUT2D eigenvalue weighted by Gasteiger charge is -2.13. The van der Waals surface area contributed by atoms with Crippen molar-refractivity contribution in [3.8, 4) is 0 Å². The number of unbranched alkanes of at least 4 members (excludes halogenated alkanes) is 1. The van der Waals surface area contributed by atoms with Crippen molar-refractivity contribution in [2.45, 2.75) is 46.0 Å². The average molecular weight is 383 g/mol. The Kier molecular flexibility index (Phi) is 10.2. The fraction of sp³-hybridized carbons (Fsp3) is 0.375. The molecule has 0 radical (unpaired) electrons. The third-order valence-corrected chi connectivity index (χ3v) is 4.33. The fourth-order valence-corrected chi connectivity index (χ4v) is 2.65. The van der Waals surface area contributed by atoms with Crippen LogP contribution in [-0.4, -0.2) is 25.3 Å². The predicted octanol–water partition coefficient (Wildman–Crippen LogP) is 5.08. The topological polar surface area (TPSA) is 44.8 Å². The van der Waals surface area contributed by atoms with Gasteiger partial charge in [0.1, 0.15) is 12.9 Å². The molecule has 4 nitrogen and oxygen atoms in total. The maximum Gasteiger partial charge on any atom is 0.186 e. The number of Topliss-reactive ketones (excluding diaryl/α,β-unsaturated/α-hetero) is 1. The van der Waals surface area contributed by atoms with Crippen LogP contribution in [0.4, 0.5) is 0 Å². The molecule has 2 aromatic rings. The molecule has 2 aromatic carbocycles. The summed E-state index contributed by atoms with van der Waals surface area (Å²) < 4.78 is 16.6. The molecule has 0 aliphatic rings. The summed E-state index contributed by atoms with van der Waals surface area (Å²) in [7, 11) is 0. The van der Waals surface area contributed by atoms with Crippen molar-refractivity contribution in [2.75, 3.05) is 13.4 Å². The first-order valence-corrected chi connectivity index (χ1v) is 9.72. The van der Waals surface area contributed by atoms with Crippen LogP contribution in [0.3, 0.4) is 0 Å². The van der Waals surface area contributed by atoms with Crippen molar-refractivity contribution >= 4 is 5.78 Å². The van der Waals surface area contributed by atoms with Gasteiger partial charge in [0.2, 0.25) is 0 Å². The maximum atomic E-state index is 12.3. The van der Waals surface area contributed by atoms with Crippen LogP contribution < -0.4 is 0 Å². The number of ketones is 1. The molecule has 0 bridgehead atoms. The fourth-order valence-electron chi connectivity index (χ4n) is 2.65. The van der Waals surface area contributed by atoms with Crippen molar-refractivity contribution in [1.82, 2.24) is 0 Å². The highest BCUT2D eigenvalue weighted by molar-refractivity contribution is 5.97. The molecule has 28 heavy (non-hydrogen) atoms. The second-order valence-electron chi connectivity index (χ2n) is 6.69. The quantitative estimate of drug-likeness (QED) is 0.275. The number of ether oxygens (including phenoxy) is 3. The van der Waals surface area contributed by atoms with E-state index in [4.69, 9.17) is 14.2 Å². The van der Waals surface area contributed by atoms with Gasteiger partial charge in [0.15, 0.2) is 5.78 Å². The van der Waals surface area contributed by atoms with Gasteiger partial charge >= 0.3 is 0 Å². The smallest absolute Gasteiger partial charge is 0.186 e. The first-order chi connectivity index (χ1) is 13.7. The molecule has 0 aliphatic heterocycles. The second-order valence-corrected chi connectivity index (χ2v) is 6.69. The maximum absolute atomic E-state index is 12.3. The second kappa shape index (κ2) is 13.0. The molecule has 4 heteroatoms. The normalized spacial score (nSPS) is 12.7. The van der Waals surface area contributed by atoms with E-state index in [2.05, 4.69) is 0 Å². The Labute approximate surface area is 168 Å². The molecule has 0 N–H and O–H groups in total. The summed E-state index contributed by atoms with van der Waals surface area (Å²) in [6, 6.07) is 20.0. The standard InChI is InChI=1S/C24H30O4/c1-20(11-9-10-16-26-17-22-12-5-3-6-13-22)24(25)21(2)28-19-27-18-23-14-7-4-8-15-23/h3-8,11-15,21H,9-10,16-19H2,1-2H3/b20-11+/t21-/m1/s1. The van der Waals surface area contributed by atoms with E-state index in [-0.39, 0.29) is 12.6 Å². The number of hydrogen-bond donors (Lipinski definition) is 0. The van der Waals surface area contributed by atoms with E-state index in [9.17, 15) is 4.79 Å². The van der Waals surface area contributed by atoms with Gasteiger partial charge in [0.25, 0.3) is 0 Å². The summed E-state index contributed by atoms with van der Waals surface area (Å²) in [6.07, 6.45) is 3.14. The average Bonchev–Trinajstić information content (AvgIpc) is 2.74. The van der Waals surface area contributed by atoms with E-state index in [0.717, 1.165) is 24.0 Å². The molecule has 0 unspecified atom stereocenters. The van der Waals surface area contributed by atoms with Gasteiger partial charge in [-0.25, -0.2) is 0 Å². The highest BCUT2D eigenvalue weighted by Gasteiger charge is 2.14. The highest BCUT2D eigenvalue weighted by atomic mass is 16.7. The minimum atomic E-state index is -0.513. The molecular weight excluding hydrogens is 352 g/mol. The summed E-state index contributed by atoms with van der Waals surface area (Å²) >= 11 is 0. The summed E-state index contributed by atoms with van der Waals surface area (Å²) in [5.74, 6) is -0.00600. The Hall–Kier alpha value is -2.27. The third kappa shape index (κ3) is 8.61. The van der Waals surface area contributed by atoms with Crippen molar-refractivity contribution in [3.63, 3.8) is 0 Å². The van der Waals surface area contributed by atoms with Crippen molar-refractivity contribution < 1.29 is 19.0 Å². The molecule has 0 saturated carbocycles. The van der Waals surface area contributed by atoms with E-state index in [1.54, 1.807) is 6.92 Å². The van der Waals surface area contributed by atoms with Crippen LogP contribution in [0.1, 0.15) is 37.8 Å².